The second kappa shape index (κ2) is 7.45. The van der Waals surface area contributed by atoms with E-state index in [2.05, 4.69) is 30.7 Å². The van der Waals surface area contributed by atoms with Crippen LogP contribution in [0.4, 0.5) is 0 Å². The zero-order chi connectivity index (χ0) is 12.8. The molecule has 0 aromatic carbocycles. The summed E-state index contributed by atoms with van der Waals surface area (Å²) in [7, 11) is 0. The van der Waals surface area contributed by atoms with Crippen molar-refractivity contribution in [2.45, 2.75) is 39.4 Å². The van der Waals surface area contributed by atoms with Crippen molar-refractivity contribution in [1.29, 1.82) is 0 Å². The van der Waals surface area contributed by atoms with Gasteiger partial charge in [0.15, 0.2) is 0 Å². The van der Waals surface area contributed by atoms with E-state index in [0.29, 0.717) is 16.2 Å². The molecule has 0 N–H and O–H groups in total. The normalized spacial score (nSPS) is 11.2. The molecular formula is C12H18Cl2N2S. The third-order valence-corrected chi connectivity index (χ3v) is 4.12. The lowest BCUT2D eigenvalue weighted by atomic mass is 10.2. The first kappa shape index (κ1) is 15.1. The van der Waals surface area contributed by atoms with Gasteiger partial charge in [-0.05, 0) is 18.1 Å². The Morgan fingerprint density at radius 3 is 2.24 bits per heavy atom. The van der Waals surface area contributed by atoms with E-state index in [1.807, 2.05) is 11.8 Å². The highest BCUT2D eigenvalue weighted by atomic mass is 35.5. The summed E-state index contributed by atoms with van der Waals surface area (Å²) in [5, 5.41) is 1.01. The van der Waals surface area contributed by atoms with Crippen LogP contribution in [0.1, 0.15) is 38.6 Å². The molecule has 0 fully saturated rings. The summed E-state index contributed by atoms with van der Waals surface area (Å²) in [6.45, 7) is 6.47. The van der Waals surface area contributed by atoms with E-state index in [-0.39, 0.29) is 0 Å². The molecule has 0 bridgehead atoms. The molecule has 0 atom stereocenters. The first-order valence-electron chi connectivity index (χ1n) is 5.83. The Morgan fingerprint density at radius 2 is 1.76 bits per heavy atom. The van der Waals surface area contributed by atoms with Crippen LogP contribution in [-0.2, 0) is 12.2 Å². The van der Waals surface area contributed by atoms with Crippen molar-refractivity contribution in [3.63, 3.8) is 0 Å². The molecule has 1 rings (SSSR count). The van der Waals surface area contributed by atoms with Gasteiger partial charge in [-0.1, -0.05) is 50.4 Å². The number of halogens is 2. The number of rotatable bonds is 6. The summed E-state index contributed by atoms with van der Waals surface area (Å²) in [4.78, 5) is 8.60. The van der Waals surface area contributed by atoms with Crippen molar-refractivity contribution in [1.82, 2.24) is 9.97 Å². The fraction of sp³-hybridized carbons (Fsp3) is 0.667. The second-order valence-electron chi connectivity index (χ2n) is 4.36. The standard InChI is InChI=1S/C12H18Cl2N2S/c1-4-5-9-11(13)15-10(16-12(9)14)7-17-6-8(2)3/h8H,4-7H2,1-3H3. The van der Waals surface area contributed by atoms with Crippen LogP contribution >= 0.6 is 35.0 Å². The van der Waals surface area contributed by atoms with E-state index < -0.39 is 0 Å². The lowest BCUT2D eigenvalue weighted by Crippen LogP contribution is -2.01. The van der Waals surface area contributed by atoms with Crippen LogP contribution < -0.4 is 0 Å². The molecule has 5 heteroatoms. The smallest absolute Gasteiger partial charge is 0.141 e. The number of aromatic nitrogens is 2. The summed E-state index contributed by atoms with van der Waals surface area (Å²) in [5.41, 5.74) is 0.869. The van der Waals surface area contributed by atoms with Crippen LogP contribution in [0, 0.1) is 5.92 Å². The van der Waals surface area contributed by atoms with Crippen LogP contribution in [0.5, 0.6) is 0 Å². The Kier molecular flexibility index (Phi) is 6.60. The quantitative estimate of drug-likeness (QED) is 0.715. The molecular weight excluding hydrogens is 275 g/mol. The SMILES string of the molecule is CCCc1c(Cl)nc(CSCC(C)C)nc1Cl. The Balaban J connectivity index is 2.69. The monoisotopic (exact) mass is 292 g/mol. The van der Waals surface area contributed by atoms with Gasteiger partial charge in [0.25, 0.3) is 0 Å². The highest BCUT2D eigenvalue weighted by molar-refractivity contribution is 7.98. The third-order valence-electron chi connectivity index (χ3n) is 2.13. The lowest BCUT2D eigenvalue weighted by Gasteiger charge is -2.08. The summed E-state index contributed by atoms with van der Waals surface area (Å²) < 4.78 is 0. The first-order chi connectivity index (χ1) is 8.04. The van der Waals surface area contributed by atoms with Gasteiger partial charge < -0.3 is 0 Å². The van der Waals surface area contributed by atoms with Gasteiger partial charge in [0.2, 0.25) is 0 Å². The summed E-state index contributed by atoms with van der Waals surface area (Å²) in [6.07, 6.45) is 1.82. The Bertz CT molecular complexity index is 347. The highest BCUT2D eigenvalue weighted by Crippen LogP contribution is 2.24. The van der Waals surface area contributed by atoms with Gasteiger partial charge >= 0.3 is 0 Å². The van der Waals surface area contributed by atoms with Crippen molar-refractivity contribution in [2.24, 2.45) is 5.92 Å². The summed E-state index contributed by atoms with van der Waals surface area (Å²) >= 11 is 14.0. The third kappa shape index (κ3) is 5.02. The highest BCUT2D eigenvalue weighted by Gasteiger charge is 2.10. The molecule has 0 spiro atoms. The van der Waals surface area contributed by atoms with Gasteiger partial charge in [-0.15, -0.1) is 0 Å². The van der Waals surface area contributed by atoms with E-state index in [4.69, 9.17) is 23.2 Å². The Hall–Kier alpha value is 0.01000. The van der Waals surface area contributed by atoms with E-state index in [1.165, 1.54) is 0 Å². The number of hydrogen-bond donors (Lipinski definition) is 0. The zero-order valence-corrected chi connectivity index (χ0v) is 12.8. The zero-order valence-electron chi connectivity index (χ0n) is 10.5. The summed E-state index contributed by atoms with van der Waals surface area (Å²) in [5.74, 6) is 3.26. The molecule has 0 amide bonds. The summed E-state index contributed by atoms with van der Waals surface area (Å²) in [6, 6.07) is 0. The molecule has 1 aromatic rings. The van der Waals surface area contributed by atoms with Crippen molar-refractivity contribution in [2.75, 3.05) is 5.75 Å². The van der Waals surface area contributed by atoms with Crippen molar-refractivity contribution < 1.29 is 0 Å². The maximum absolute atomic E-state index is 6.11. The van der Waals surface area contributed by atoms with Crippen LogP contribution in [0.2, 0.25) is 10.3 Å². The maximum Gasteiger partial charge on any atom is 0.141 e. The maximum atomic E-state index is 6.11. The van der Waals surface area contributed by atoms with Crippen LogP contribution in [-0.4, -0.2) is 15.7 Å². The molecule has 0 aliphatic heterocycles. The minimum Gasteiger partial charge on any atom is -0.220 e. The minimum atomic E-state index is 0.506. The Morgan fingerprint density at radius 1 is 1.18 bits per heavy atom. The van der Waals surface area contributed by atoms with Crippen molar-refractivity contribution in [3.05, 3.63) is 21.7 Å². The van der Waals surface area contributed by atoms with Crippen LogP contribution in [0.3, 0.4) is 0 Å². The predicted octanol–water partition coefficient (Wildman–Crippen LogP) is 4.63. The first-order valence-corrected chi connectivity index (χ1v) is 7.74. The molecule has 17 heavy (non-hydrogen) atoms. The van der Waals surface area contributed by atoms with E-state index in [9.17, 15) is 0 Å². The lowest BCUT2D eigenvalue weighted by molar-refractivity contribution is 0.749. The molecule has 0 aliphatic carbocycles. The predicted molar refractivity (Wildman–Crippen MR) is 77.0 cm³/mol. The molecule has 0 saturated carbocycles. The molecule has 0 unspecified atom stereocenters. The van der Waals surface area contributed by atoms with Crippen LogP contribution in [0.15, 0.2) is 0 Å². The van der Waals surface area contributed by atoms with Gasteiger partial charge in [-0.25, -0.2) is 9.97 Å². The van der Waals surface area contributed by atoms with Crippen molar-refractivity contribution >= 4 is 35.0 Å². The molecule has 2 nitrogen and oxygen atoms in total. The number of thioether (sulfide) groups is 1. The topological polar surface area (TPSA) is 25.8 Å². The fourth-order valence-electron chi connectivity index (χ4n) is 1.38. The van der Waals surface area contributed by atoms with Gasteiger partial charge in [0, 0.05) is 5.56 Å². The largest absolute Gasteiger partial charge is 0.220 e. The van der Waals surface area contributed by atoms with Gasteiger partial charge in [0.05, 0.1) is 5.75 Å². The molecule has 1 heterocycles. The molecule has 0 aliphatic rings. The second-order valence-corrected chi connectivity index (χ2v) is 6.11. The van der Waals surface area contributed by atoms with Crippen LogP contribution in [0.25, 0.3) is 0 Å². The van der Waals surface area contributed by atoms with Gasteiger partial charge in [-0.2, -0.15) is 11.8 Å². The molecule has 0 radical (unpaired) electrons. The van der Waals surface area contributed by atoms with Gasteiger partial charge in [-0.3, -0.25) is 0 Å². The fourth-order valence-corrected chi connectivity index (χ4v) is 2.89. The van der Waals surface area contributed by atoms with E-state index in [0.717, 1.165) is 35.7 Å². The van der Waals surface area contributed by atoms with Crippen molar-refractivity contribution in [3.8, 4) is 0 Å². The molecule has 0 saturated heterocycles. The average Bonchev–Trinajstić information content (AvgIpc) is 2.23. The minimum absolute atomic E-state index is 0.506. The average molecular weight is 293 g/mol. The Labute approximate surface area is 118 Å². The van der Waals surface area contributed by atoms with E-state index >= 15 is 0 Å². The number of hydrogen-bond acceptors (Lipinski definition) is 3. The van der Waals surface area contributed by atoms with Gasteiger partial charge in [0.1, 0.15) is 16.1 Å². The number of nitrogens with zero attached hydrogens (tertiary/aromatic N) is 2. The molecule has 96 valence electrons. The van der Waals surface area contributed by atoms with E-state index in [1.54, 1.807) is 0 Å². The molecule has 1 aromatic heterocycles.